The fourth-order valence-corrected chi connectivity index (χ4v) is 2.20. The summed E-state index contributed by atoms with van der Waals surface area (Å²) >= 11 is 0. The Hall–Kier alpha value is -2.30. The second-order valence-corrected chi connectivity index (χ2v) is 4.91. The quantitative estimate of drug-likeness (QED) is 0.892. The summed E-state index contributed by atoms with van der Waals surface area (Å²) in [6.45, 7) is 0.458. The molecule has 0 radical (unpaired) electrons. The Balaban J connectivity index is 1.87. The monoisotopic (exact) mass is 257 g/mol. The number of nitrogens with two attached hydrogens (primary N) is 1. The third-order valence-electron chi connectivity index (χ3n) is 3.38. The molecule has 1 amide bonds. The molecule has 5 nitrogen and oxygen atoms in total. The molecule has 2 N–H and O–H groups in total. The smallest absolute Gasteiger partial charge is 0.328 e. The summed E-state index contributed by atoms with van der Waals surface area (Å²) in [6.07, 6.45) is 5.79. The van der Waals surface area contributed by atoms with Gasteiger partial charge in [0.05, 0.1) is 6.54 Å². The van der Waals surface area contributed by atoms with Crippen molar-refractivity contribution in [3.05, 3.63) is 58.3 Å². The highest BCUT2D eigenvalue weighted by molar-refractivity contribution is 5.92. The summed E-state index contributed by atoms with van der Waals surface area (Å²) in [6, 6.07) is 7.43. The molecule has 1 aliphatic rings. The molecule has 1 aliphatic carbocycles. The number of benzene rings is 1. The molecule has 19 heavy (non-hydrogen) atoms. The summed E-state index contributed by atoms with van der Waals surface area (Å²) < 4.78 is 3.43. The topological polar surface area (TPSA) is 70.0 Å². The number of hydrogen-bond acceptors (Lipinski definition) is 2. The van der Waals surface area contributed by atoms with Crippen LogP contribution in [0.15, 0.2) is 41.5 Å². The van der Waals surface area contributed by atoms with Gasteiger partial charge in [0.25, 0.3) is 0 Å². The lowest BCUT2D eigenvalue weighted by Gasteiger charge is -2.04. The molecule has 98 valence electrons. The lowest BCUT2D eigenvalue weighted by Crippen LogP contribution is -2.24. The van der Waals surface area contributed by atoms with Gasteiger partial charge in [-0.1, -0.05) is 12.1 Å². The number of rotatable bonds is 4. The highest BCUT2D eigenvalue weighted by Crippen LogP contribution is 2.33. The minimum absolute atomic E-state index is 0.00646. The van der Waals surface area contributed by atoms with Crippen LogP contribution < -0.4 is 11.4 Å². The highest BCUT2D eigenvalue weighted by Gasteiger charge is 2.25. The number of nitrogens with zero attached hydrogens (tertiary/aromatic N) is 2. The standard InChI is InChI=1S/C14H15N3O2/c15-13(18)11-3-1-2-10(8-11)9-16-6-7-17(14(16)19)12-4-5-12/h1-3,6-8,12H,4-5,9H2,(H2,15,18). The van der Waals surface area contributed by atoms with Crippen LogP contribution in [0.25, 0.3) is 0 Å². The van der Waals surface area contributed by atoms with E-state index in [2.05, 4.69) is 0 Å². The molecule has 1 heterocycles. The van der Waals surface area contributed by atoms with Gasteiger partial charge in [-0.3, -0.25) is 13.9 Å². The Morgan fingerprint density at radius 1 is 1.32 bits per heavy atom. The first-order chi connectivity index (χ1) is 9.15. The Kier molecular flexibility index (Phi) is 2.74. The maximum absolute atomic E-state index is 12.1. The first kappa shape index (κ1) is 11.8. The van der Waals surface area contributed by atoms with Crippen LogP contribution in [0.2, 0.25) is 0 Å². The first-order valence-electron chi connectivity index (χ1n) is 6.31. The lowest BCUT2D eigenvalue weighted by molar-refractivity contribution is 0.1000. The normalized spacial score (nSPS) is 14.5. The van der Waals surface area contributed by atoms with Gasteiger partial charge in [-0.15, -0.1) is 0 Å². The maximum Gasteiger partial charge on any atom is 0.328 e. The Labute approximate surface area is 110 Å². The number of primary amides is 1. The van der Waals surface area contributed by atoms with Crippen LogP contribution in [0.4, 0.5) is 0 Å². The number of carbonyl (C=O) groups is 1. The molecule has 0 aliphatic heterocycles. The lowest BCUT2D eigenvalue weighted by atomic mass is 10.1. The zero-order chi connectivity index (χ0) is 13.4. The molecule has 3 rings (SSSR count). The molecule has 1 aromatic heterocycles. The minimum atomic E-state index is -0.454. The summed E-state index contributed by atoms with van der Waals surface area (Å²) in [4.78, 5) is 23.2. The van der Waals surface area contributed by atoms with E-state index in [4.69, 9.17) is 5.73 Å². The van der Waals surface area contributed by atoms with Crippen molar-refractivity contribution >= 4 is 5.91 Å². The predicted molar refractivity (Wildman–Crippen MR) is 71.0 cm³/mol. The Bertz CT molecular complexity index is 680. The molecule has 1 aromatic carbocycles. The summed E-state index contributed by atoms with van der Waals surface area (Å²) in [5, 5.41) is 0. The van der Waals surface area contributed by atoms with Gasteiger partial charge in [-0.25, -0.2) is 4.79 Å². The fraction of sp³-hybridized carbons (Fsp3) is 0.286. The Morgan fingerprint density at radius 2 is 2.11 bits per heavy atom. The maximum atomic E-state index is 12.1. The van der Waals surface area contributed by atoms with E-state index < -0.39 is 5.91 Å². The molecule has 1 fully saturated rings. The van der Waals surface area contributed by atoms with Crippen molar-refractivity contribution in [3.8, 4) is 0 Å². The number of carbonyl (C=O) groups excluding carboxylic acids is 1. The molecule has 0 atom stereocenters. The molecule has 5 heteroatoms. The van der Waals surface area contributed by atoms with Crippen LogP contribution in [0.3, 0.4) is 0 Å². The van der Waals surface area contributed by atoms with Crippen molar-refractivity contribution in [2.24, 2.45) is 5.73 Å². The van der Waals surface area contributed by atoms with Gasteiger partial charge < -0.3 is 5.73 Å². The third-order valence-corrected chi connectivity index (χ3v) is 3.38. The third kappa shape index (κ3) is 2.31. The number of amides is 1. The van der Waals surface area contributed by atoms with Crippen molar-refractivity contribution in [1.82, 2.24) is 9.13 Å². The van der Waals surface area contributed by atoms with Crippen molar-refractivity contribution in [2.75, 3.05) is 0 Å². The molecular formula is C14H15N3O2. The van der Waals surface area contributed by atoms with Gasteiger partial charge in [-0.05, 0) is 30.5 Å². The van der Waals surface area contributed by atoms with E-state index in [0.717, 1.165) is 18.4 Å². The van der Waals surface area contributed by atoms with Gasteiger partial charge in [0, 0.05) is 24.0 Å². The van der Waals surface area contributed by atoms with Crippen molar-refractivity contribution < 1.29 is 4.79 Å². The zero-order valence-corrected chi connectivity index (χ0v) is 10.5. The summed E-state index contributed by atoms with van der Waals surface area (Å²) in [5.74, 6) is -0.454. The second kappa shape index (κ2) is 4.42. The van der Waals surface area contributed by atoms with E-state index in [-0.39, 0.29) is 5.69 Å². The second-order valence-electron chi connectivity index (χ2n) is 4.91. The summed E-state index contributed by atoms with van der Waals surface area (Å²) in [5.41, 5.74) is 6.61. The van der Waals surface area contributed by atoms with Crippen molar-refractivity contribution in [3.63, 3.8) is 0 Å². The van der Waals surface area contributed by atoms with Gasteiger partial charge in [0.1, 0.15) is 0 Å². The van der Waals surface area contributed by atoms with Crippen LogP contribution >= 0.6 is 0 Å². The number of imidazole rings is 1. The van der Waals surface area contributed by atoms with Crippen LogP contribution in [-0.2, 0) is 6.54 Å². The first-order valence-corrected chi connectivity index (χ1v) is 6.31. The van der Waals surface area contributed by atoms with Crippen molar-refractivity contribution in [1.29, 1.82) is 0 Å². The van der Waals surface area contributed by atoms with Gasteiger partial charge >= 0.3 is 5.69 Å². The average molecular weight is 257 g/mol. The van der Waals surface area contributed by atoms with E-state index in [0.29, 0.717) is 18.2 Å². The minimum Gasteiger partial charge on any atom is -0.366 e. The largest absolute Gasteiger partial charge is 0.366 e. The van der Waals surface area contributed by atoms with Crippen LogP contribution in [0.1, 0.15) is 34.8 Å². The van der Waals surface area contributed by atoms with E-state index in [9.17, 15) is 9.59 Å². The van der Waals surface area contributed by atoms with E-state index in [1.54, 1.807) is 33.5 Å². The zero-order valence-electron chi connectivity index (χ0n) is 10.5. The average Bonchev–Trinajstić information content (AvgIpc) is 3.17. The van der Waals surface area contributed by atoms with E-state index >= 15 is 0 Å². The molecule has 0 unspecified atom stereocenters. The molecule has 0 bridgehead atoms. The van der Waals surface area contributed by atoms with Gasteiger partial charge in [0.2, 0.25) is 5.91 Å². The van der Waals surface area contributed by atoms with Crippen LogP contribution in [-0.4, -0.2) is 15.0 Å². The molecule has 0 saturated heterocycles. The van der Waals surface area contributed by atoms with E-state index in [1.165, 1.54) is 0 Å². The van der Waals surface area contributed by atoms with Crippen LogP contribution in [0, 0.1) is 0 Å². The predicted octanol–water partition coefficient (Wildman–Crippen LogP) is 1.13. The molecule has 0 spiro atoms. The molecule has 2 aromatic rings. The Morgan fingerprint density at radius 3 is 2.79 bits per heavy atom. The van der Waals surface area contributed by atoms with Gasteiger partial charge in [0.15, 0.2) is 0 Å². The van der Waals surface area contributed by atoms with Crippen LogP contribution in [0.5, 0.6) is 0 Å². The fourth-order valence-electron chi connectivity index (χ4n) is 2.20. The molecular weight excluding hydrogens is 242 g/mol. The number of hydrogen-bond donors (Lipinski definition) is 1. The van der Waals surface area contributed by atoms with Gasteiger partial charge in [-0.2, -0.15) is 0 Å². The highest BCUT2D eigenvalue weighted by atomic mass is 16.2. The van der Waals surface area contributed by atoms with Crippen molar-refractivity contribution in [2.45, 2.75) is 25.4 Å². The van der Waals surface area contributed by atoms with E-state index in [1.807, 2.05) is 12.3 Å². The number of aromatic nitrogens is 2. The SMILES string of the molecule is NC(=O)c1cccc(Cn2ccn(C3CC3)c2=O)c1. The summed E-state index contributed by atoms with van der Waals surface area (Å²) in [7, 11) is 0. The molecule has 1 saturated carbocycles.